The smallest absolute Gasteiger partial charge is 0.289 e. The van der Waals surface area contributed by atoms with Gasteiger partial charge in [-0.2, -0.15) is 8.42 Å². The first kappa shape index (κ1) is 13.2. The summed E-state index contributed by atoms with van der Waals surface area (Å²) >= 11 is 0. The zero-order chi connectivity index (χ0) is 12.9. The maximum Gasteiger partial charge on any atom is 0.394 e. The van der Waals surface area contributed by atoms with Gasteiger partial charge in [0.05, 0.1) is 11.3 Å². The number of nitrogens with zero attached hydrogens (tertiary/aromatic N) is 2. The molecule has 0 aromatic carbocycles. The standard InChI is InChI=1S/C9H6N2O.H2O4S/c12-9-3-1-2-8-7(9)6-10-4-5-11-8;1-5(2,3)4/h1-6H;(H2,1,2,3,4). The number of aromatic nitrogens is 2. The van der Waals surface area contributed by atoms with Crippen LogP contribution in [-0.4, -0.2) is 27.5 Å². The number of rotatable bonds is 0. The molecule has 0 spiro atoms. The van der Waals surface area contributed by atoms with E-state index in [9.17, 15) is 4.79 Å². The first-order valence-electron chi connectivity index (χ1n) is 4.27. The molecule has 1 aliphatic carbocycles. The SMILES string of the molecule is O=S(=O)(O)O.O=c1cccc2nccncc1-2. The minimum absolute atomic E-state index is 0.0382. The highest BCUT2D eigenvalue weighted by atomic mass is 32.3. The first-order chi connectivity index (χ1) is 7.88. The molecule has 17 heavy (non-hydrogen) atoms. The van der Waals surface area contributed by atoms with Crippen molar-refractivity contribution in [2.75, 3.05) is 0 Å². The van der Waals surface area contributed by atoms with Gasteiger partial charge >= 0.3 is 10.4 Å². The lowest BCUT2D eigenvalue weighted by Gasteiger charge is -1.93. The van der Waals surface area contributed by atoms with Crippen LogP contribution in [-0.2, 0) is 10.4 Å². The normalized spacial score (nSPS) is 10.5. The van der Waals surface area contributed by atoms with Crippen LogP contribution in [0.15, 0.2) is 41.6 Å². The van der Waals surface area contributed by atoms with E-state index in [0.717, 1.165) is 0 Å². The Bertz CT molecular complexity index is 620. The van der Waals surface area contributed by atoms with E-state index in [4.69, 9.17) is 17.5 Å². The molecule has 7 nitrogen and oxygen atoms in total. The van der Waals surface area contributed by atoms with E-state index in [0.29, 0.717) is 11.3 Å². The monoisotopic (exact) mass is 256 g/mol. The lowest BCUT2D eigenvalue weighted by Crippen LogP contribution is -2.02. The summed E-state index contributed by atoms with van der Waals surface area (Å²) in [4.78, 5) is 19.2. The van der Waals surface area contributed by atoms with Crippen molar-refractivity contribution < 1.29 is 17.5 Å². The molecule has 1 heterocycles. The molecule has 0 atom stereocenters. The fourth-order valence-electron chi connectivity index (χ4n) is 1.04. The van der Waals surface area contributed by atoms with E-state index in [1.54, 1.807) is 24.5 Å². The molecule has 0 bridgehead atoms. The predicted octanol–water partition coefficient (Wildman–Crippen LogP) is 0.289. The fourth-order valence-corrected chi connectivity index (χ4v) is 1.04. The summed E-state index contributed by atoms with van der Waals surface area (Å²) in [6.45, 7) is 0. The van der Waals surface area contributed by atoms with Crippen LogP contribution in [0.5, 0.6) is 0 Å². The van der Waals surface area contributed by atoms with Gasteiger partial charge in [0.15, 0.2) is 5.43 Å². The summed E-state index contributed by atoms with van der Waals surface area (Å²) in [6.07, 6.45) is 4.66. The molecule has 0 aromatic rings. The molecule has 0 fully saturated rings. The zero-order valence-electron chi connectivity index (χ0n) is 8.39. The van der Waals surface area contributed by atoms with Crippen molar-refractivity contribution in [3.05, 3.63) is 47.0 Å². The highest BCUT2D eigenvalue weighted by molar-refractivity contribution is 7.79. The Morgan fingerprint density at radius 3 is 2.41 bits per heavy atom. The van der Waals surface area contributed by atoms with Crippen molar-refractivity contribution in [3.8, 4) is 11.3 Å². The summed E-state index contributed by atoms with van der Waals surface area (Å²) in [6, 6.07) is 4.99. The van der Waals surface area contributed by atoms with Crippen LogP contribution in [0, 0.1) is 0 Å². The quantitative estimate of drug-likeness (QED) is 0.650. The minimum atomic E-state index is -4.67. The lowest BCUT2D eigenvalue weighted by atomic mass is 10.1. The van der Waals surface area contributed by atoms with Gasteiger partial charge in [0, 0.05) is 18.6 Å². The van der Waals surface area contributed by atoms with Gasteiger partial charge < -0.3 is 0 Å². The summed E-state index contributed by atoms with van der Waals surface area (Å²) in [5, 5.41) is 0. The van der Waals surface area contributed by atoms with E-state index in [1.807, 2.05) is 0 Å². The van der Waals surface area contributed by atoms with E-state index < -0.39 is 10.4 Å². The van der Waals surface area contributed by atoms with Gasteiger partial charge in [-0.05, 0) is 12.1 Å². The van der Waals surface area contributed by atoms with E-state index >= 15 is 0 Å². The molecule has 2 aliphatic rings. The van der Waals surface area contributed by atoms with Crippen LogP contribution in [0.2, 0.25) is 0 Å². The number of benzene rings is 1. The largest absolute Gasteiger partial charge is 0.394 e. The maximum atomic E-state index is 11.2. The first-order valence-corrected chi connectivity index (χ1v) is 5.66. The average Bonchev–Trinajstić information content (AvgIpc) is 2.41. The van der Waals surface area contributed by atoms with Gasteiger partial charge in [-0.25, -0.2) is 0 Å². The second-order valence-corrected chi connectivity index (χ2v) is 3.74. The topological polar surface area (TPSA) is 117 Å². The third-order valence-corrected chi connectivity index (χ3v) is 1.61. The van der Waals surface area contributed by atoms with Gasteiger partial charge in [-0.15, -0.1) is 0 Å². The Morgan fingerprint density at radius 1 is 1.12 bits per heavy atom. The van der Waals surface area contributed by atoms with Crippen molar-refractivity contribution in [1.29, 1.82) is 0 Å². The molecule has 2 N–H and O–H groups in total. The summed E-state index contributed by atoms with van der Waals surface area (Å²) in [5.74, 6) is 0. The van der Waals surface area contributed by atoms with Gasteiger partial charge in [0.1, 0.15) is 0 Å². The van der Waals surface area contributed by atoms with Gasteiger partial charge in [0.2, 0.25) is 0 Å². The minimum Gasteiger partial charge on any atom is -0.289 e. The van der Waals surface area contributed by atoms with Gasteiger partial charge in [-0.1, -0.05) is 6.07 Å². The van der Waals surface area contributed by atoms with Crippen LogP contribution in [0.3, 0.4) is 0 Å². The summed E-state index contributed by atoms with van der Waals surface area (Å²) in [5.41, 5.74) is 1.20. The van der Waals surface area contributed by atoms with Crippen molar-refractivity contribution >= 4 is 10.4 Å². The fraction of sp³-hybridized carbons (Fsp3) is 0. The van der Waals surface area contributed by atoms with Crippen LogP contribution < -0.4 is 5.43 Å². The van der Waals surface area contributed by atoms with Crippen LogP contribution in [0.1, 0.15) is 0 Å². The molecular formula is C9H8N2O5S. The molecule has 0 saturated heterocycles. The highest BCUT2D eigenvalue weighted by Crippen LogP contribution is 2.09. The Labute approximate surface area is 96.7 Å². The zero-order valence-corrected chi connectivity index (χ0v) is 9.20. The van der Waals surface area contributed by atoms with Crippen LogP contribution in [0.25, 0.3) is 11.3 Å². The van der Waals surface area contributed by atoms with E-state index in [1.165, 1.54) is 12.3 Å². The number of hydrogen-bond acceptors (Lipinski definition) is 5. The van der Waals surface area contributed by atoms with Crippen molar-refractivity contribution in [2.45, 2.75) is 0 Å². The van der Waals surface area contributed by atoms with E-state index in [-0.39, 0.29) is 5.43 Å². The Balaban J connectivity index is 0.000000249. The highest BCUT2D eigenvalue weighted by Gasteiger charge is 2.02. The Hall–Kier alpha value is -1.90. The molecule has 0 amide bonds. The number of fused-ring (bicyclic) bond motifs is 1. The van der Waals surface area contributed by atoms with Crippen LogP contribution >= 0.6 is 0 Å². The molecular weight excluding hydrogens is 248 g/mol. The Kier molecular flexibility index (Phi) is 4.21. The maximum absolute atomic E-state index is 11.2. The van der Waals surface area contributed by atoms with E-state index in [2.05, 4.69) is 9.97 Å². The van der Waals surface area contributed by atoms with Gasteiger partial charge in [-0.3, -0.25) is 23.9 Å². The summed E-state index contributed by atoms with van der Waals surface area (Å²) in [7, 11) is -4.67. The molecule has 1 aliphatic heterocycles. The molecule has 0 unspecified atom stereocenters. The molecule has 0 aromatic heterocycles. The van der Waals surface area contributed by atoms with Crippen molar-refractivity contribution in [1.82, 2.24) is 9.97 Å². The molecule has 2 rings (SSSR count). The molecule has 0 saturated carbocycles. The average molecular weight is 256 g/mol. The Morgan fingerprint density at radius 2 is 1.76 bits per heavy atom. The third-order valence-electron chi connectivity index (χ3n) is 1.61. The van der Waals surface area contributed by atoms with Crippen molar-refractivity contribution in [3.63, 3.8) is 0 Å². The summed E-state index contributed by atoms with van der Waals surface area (Å²) < 4.78 is 31.6. The van der Waals surface area contributed by atoms with Gasteiger partial charge in [0.25, 0.3) is 0 Å². The molecule has 8 heteroatoms. The predicted molar refractivity (Wildman–Crippen MR) is 59.1 cm³/mol. The molecule has 90 valence electrons. The second kappa shape index (κ2) is 5.43. The molecule has 0 radical (unpaired) electrons. The third kappa shape index (κ3) is 5.11. The lowest BCUT2D eigenvalue weighted by molar-refractivity contribution is 0.381. The number of hydrogen-bond donors (Lipinski definition) is 2. The van der Waals surface area contributed by atoms with Crippen molar-refractivity contribution in [2.24, 2.45) is 0 Å². The van der Waals surface area contributed by atoms with Crippen LogP contribution in [0.4, 0.5) is 0 Å². The second-order valence-electron chi connectivity index (χ2n) is 2.84.